The zero-order valence-electron chi connectivity index (χ0n) is 14.0. The van der Waals surface area contributed by atoms with Crippen LogP contribution >= 0.6 is 0 Å². The van der Waals surface area contributed by atoms with Gasteiger partial charge in [-0.2, -0.15) is 0 Å². The second kappa shape index (κ2) is 7.18. The Bertz CT molecular complexity index is 854. The second-order valence-electron chi connectivity index (χ2n) is 5.70. The highest BCUT2D eigenvalue weighted by Gasteiger charge is 2.34. The number of carbonyl (C=O) groups excluding carboxylic acids is 4. The minimum atomic E-state index is -0.541. The molecule has 7 heteroatoms. The topological polar surface area (TPSA) is 92.8 Å². The van der Waals surface area contributed by atoms with Crippen molar-refractivity contribution in [3.8, 4) is 0 Å². The van der Waals surface area contributed by atoms with Crippen LogP contribution in [0.2, 0.25) is 0 Å². The average Bonchev–Trinajstić information content (AvgIpc) is 2.91. The number of imide groups is 1. The summed E-state index contributed by atoms with van der Waals surface area (Å²) in [5.74, 6) is -1.61. The van der Waals surface area contributed by atoms with Crippen LogP contribution in [0.15, 0.2) is 48.5 Å². The van der Waals surface area contributed by atoms with Crippen LogP contribution in [-0.2, 0) is 16.1 Å². The summed E-state index contributed by atoms with van der Waals surface area (Å²) in [4.78, 5) is 48.9. The molecule has 0 bridgehead atoms. The van der Waals surface area contributed by atoms with Gasteiger partial charge in [-0.3, -0.25) is 24.1 Å². The number of rotatable bonds is 5. The molecule has 0 radical (unpaired) electrons. The van der Waals surface area contributed by atoms with E-state index in [0.29, 0.717) is 22.3 Å². The van der Waals surface area contributed by atoms with Gasteiger partial charge in [0.15, 0.2) is 0 Å². The molecule has 0 unspecified atom stereocenters. The predicted octanol–water partition coefficient (Wildman–Crippen LogP) is 1.39. The van der Waals surface area contributed by atoms with E-state index < -0.39 is 11.9 Å². The Kier molecular flexibility index (Phi) is 4.79. The Labute approximate surface area is 149 Å². The van der Waals surface area contributed by atoms with Gasteiger partial charge in [-0.25, -0.2) is 0 Å². The van der Waals surface area contributed by atoms with Gasteiger partial charge < -0.3 is 10.1 Å². The van der Waals surface area contributed by atoms with Gasteiger partial charge in [-0.15, -0.1) is 0 Å². The third kappa shape index (κ3) is 3.32. The molecular weight excluding hydrogens is 336 g/mol. The summed E-state index contributed by atoms with van der Waals surface area (Å²) >= 11 is 0. The fraction of sp³-hybridized carbons (Fsp3) is 0.158. The monoisotopic (exact) mass is 352 g/mol. The summed E-state index contributed by atoms with van der Waals surface area (Å²) in [7, 11) is 1.24. The predicted molar refractivity (Wildman–Crippen MR) is 91.4 cm³/mol. The second-order valence-corrected chi connectivity index (χ2v) is 5.70. The lowest BCUT2D eigenvalue weighted by molar-refractivity contribution is -0.139. The molecule has 132 valence electrons. The molecule has 0 aromatic heterocycles. The average molecular weight is 352 g/mol. The molecule has 0 saturated heterocycles. The maximum Gasteiger partial charge on any atom is 0.325 e. The van der Waals surface area contributed by atoms with Gasteiger partial charge in [0, 0.05) is 5.56 Å². The first kappa shape index (κ1) is 17.3. The Morgan fingerprint density at radius 2 is 1.54 bits per heavy atom. The first-order valence-electron chi connectivity index (χ1n) is 7.90. The van der Waals surface area contributed by atoms with Crippen LogP contribution < -0.4 is 5.32 Å². The van der Waals surface area contributed by atoms with E-state index in [1.54, 1.807) is 48.5 Å². The number of hydrogen-bond donors (Lipinski definition) is 1. The minimum absolute atomic E-state index is 0.121. The van der Waals surface area contributed by atoms with Crippen LogP contribution in [0.4, 0.5) is 0 Å². The van der Waals surface area contributed by atoms with E-state index in [1.165, 1.54) is 12.0 Å². The zero-order chi connectivity index (χ0) is 18.7. The molecule has 0 saturated carbocycles. The van der Waals surface area contributed by atoms with Crippen LogP contribution in [-0.4, -0.2) is 42.2 Å². The van der Waals surface area contributed by atoms with Crippen molar-refractivity contribution in [2.45, 2.75) is 6.54 Å². The number of carbonyl (C=O) groups is 4. The van der Waals surface area contributed by atoms with Crippen LogP contribution in [0, 0.1) is 0 Å². The van der Waals surface area contributed by atoms with Crippen molar-refractivity contribution in [1.82, 2.24) is 10.2 Å². The smallest absolute Gasteiger partial charge is 0.325 e. The van der Waals surface area contributed by atoms with E-state index in [9.17, 15) is 19.2 Å². The van der Waals surface area contributed by atoms with Crippen molar-refractivity contribution < 1.29 is 23.9 Å². The Hall–Kier alpha value is -3.48. The summed E-state index contributed by atoms with van der Waals surface area (Å²) in [6.07, 6.45) is 0. The number of methoxy groups -OCH3 is 1. The van der Waals surface area contributed by atoms with Gasteiger partial charge in [-0.05, 0) is 29.8 Å². The van der Waals surface area contributed by atoms with Gasteiger partial charge >= 0.3 is 5.97 Å². The summed E-state index contributed by atoms with van der Waals surface area (Å²) < 4.78 is 4.45. The summed E-state index contributed by atoms with van der Waals surface area (Å²) in [5, 5.41) is 2.44. The molecule has 1 aliphatic heterocycles. The van der Waals surface area contributed by atoms with Crippen LogP contribution in [0.1, 0.15) is 36.6 Å². The highest BCUT2D eigenvalue weighted by atomic mass is 16.5. The molecule has 1 aliphatic rings. The number of hydrogen-bond acceptors (Lipinski definition) is 5. The van der Waals surface area contributed by atoms with Crippen molar-refractivity contribution in [3.05, 3.63) is 70.8 Å². The zero-order valence-corrected chi connectivity index (χ0v) is 14.0. The lowest BCUT2D eigenvalue weighted by atomic mass is 10.1. The molecule has 0 atom stereocenters. The SMILES string of the molecule is COC(=O)CNC(=O)c1ccc(CN2C(=O)c3ccccc3C2=O)cc1. The highest BCUT2D eigenvalue weighted by Crippen LogP contribution is 2.24. The van der Waals surface area contributed by atoms with Gasteiger partial charge in [0.25, 0.3) is 17.7 Å². The fourth-order valence-electron chi connectivity index (χ4n) is 2.65. The molecule has 26 heavy (non-hydrogen) atoms. The number of nitrogens with zero attached hydrogens (tertiary/aromatic N) is 1. The number of esters is 1. The Morgan fingerprint density at radius 3 is 2.08 bits per heavy atom. The van der Waals surface area contributed by atoms with E-state index in [4.69, 9.17) is 0 Å². The number of amides is 3. The number of fused-ring (bicyclic) bond motifs is 1. The van der Waals surface area contributed by atoms with Gasteiger partial charge in [0.2, 0.25) is 0 Å². The minimum Gasteiger partial charge on any atom is -0.468 e. The lowest BCUT2D eigenvalue weighted by Crippen LogP contribution is -2.30. The fourth-order valence-corrected chi connectivity index (χ4v) is 2.65. The number of ether oxygens (including phenoxy) is 1. The van der Waals surface area contributed by atoms with E-state index >= 15 is 0 Å². The van der Waals surface area contributed by atoms with E-state index in [1.807, 2.05) is 0 Å². The van der Waals surface area contributed by atoms with E-state index in [-0.39, 0.29) is 24.9 Å². The largest absolute Gasteiger partial charge is 0.468 e. The van der Waals surface area contributed by atoms with Crippen molar-refractivity contribution in [2.24, 2.45) is 0 Å². The normalized spacial score (nSPS) is 12.7. The molecule has 3 amide bonds. The van der Waals surface area contributed by atoms with Crippen LogP contribution in [0.3, 0.4) is 0 Å². The van der Waals surface area contributed by atoms with E-state index in [0.717, 1.165) is 0 Å². The molecule has 7 nitrogen and oxygen atoms in total. The van der Waals surface area contributed by atoms with E-state index in [2.05, 4.69) is 10.1 Å². The van der Waals surface area contributed by atoms with Crippen LogP contribution in [0.25, 0.3) is 0 Å². The molecule has 0 spiro atoms. The highest BCUT2D eigenvalue weighted by molar-refractivity contribution is 6.21. The van der Waals surface area contributed by atoms with Crippen molar-refractivity contribution in [3.63, 3.8) is 0 Å². The maximum atomic E-state index is 12.4. The first-order chi connectivity index (χ1) is 12.5. The Morgan fingerprint density at radius 1 is 0.962 bits per heavy atom. The molecular formula is C19H16N2O5. The molecule has 2 aromatic carbocycles. The third-order valence-electron chi connectivity index (χ3n) is 4.06. The summed E-state index contributed by atoms with van der Waals surface area (Å²) in [6, 6.07) is 13.2. The molecule has 3 rings (SSSR count). The molecule has 1 N–H and O–H groups in total. The number of nitrogens with one attached hydrogen (secondary N) is 1. The Balaban J connectivity index is 1.67. The third-order valence-corrected chi connectivity index (χ3v) is 4.06. The first-order valence-corrected chi connectivity index (χ1v) is 7.90. The number of benzene rings is 2. The van der Waals surface area contributed by atoms with Gasteiger partial charge in [0.05, 0.1) is 24.8 Å². The quantitative estimate of drug-likeness (QED) is 0.648. The molecule has 2 aromatic rings. The molecule has 1 heterocycles. The molecule has 0 aliphatic carbocycles. The van der Waals surface area contributed by atoms with Gasteiger partial charge in [0.1, 0.15) is 6.54 Å². The molecule has 0 fully saturated rings. The van der Waals surface area contributed by atoms with Gasteiger partial charge in [-0.1, -0.05) is 24.3 Å². The van der Waals surface area contributed by atoms with Crippen molar-refractivity contribution in [1.29, 1.82) is 0 Å². The van der Waals surface area contributed by atoms with Crippen molar-refractivity contribution in [2.75, 3.05) is 13.7 Å². The lowest BCUT2D eigenvalue weighted by Gasteiger charge is -2.14. The van der Waals surface area contributed by atoms with Crippen molar-refractivity contribution >= 4 is 23.7 Å². The summed E-state index contributed by atoms with van der Waals surface area (Å²) in [6.45, 7) is -0.0947. The maximum absolute atomic E-state index is 12.4. The standard InChI is InChI=1S/C19H16N2O5/c1-26-16(22)10-20-17(23)13-8-6-12(7-9-13)11-21-18(24)14-4-2-3-5-15(14)19(21)25/h2-9H,10-11H2,1H3,(H,20,23). The van der Waals surface area contributed by atoms with Crippen LogP contribution in [0.5, 0.6) is 0 Å². The summed E-state index contributed by atoms with van der Waals surface area (Å²) in [5.41, 5.74) is 1.87.